The van der Waals surface area contributed by atoms with Crippen LogP contribution in [-0.4, -0.2) is 33.7 Å². The summed E-state index contributed by atoms with van der Waals surface area (Å²) >= 11 is 0. The molecule has 2 N–H and O–H groups in total. The van der Waals surface area contributed by atoms with Crippen LogP contribution in [0.2, 0.25) is 0 Å². The maximum Gasteiger partial charge on any atom is 0.255 e. The summed E-state index contributed by atoms with van der Waals surface area (Å²) in [4.78, 5) is 24.8. The topological polar surface area (TPSA) is 85.2 Å². The third-order valence-corrected chi connectivity index (χ3v) is 5.27. The molecular weight excluding hydrogens is 332 g/mol. The third kappa shape index (κ3) is 3.16. The predicted molar refractivity (Wildman–Crippen MR) is 95.9 cm³/mol. The zero-order valence-corrected chi connectivity index (χ0v) is 14.7. The van der Waals surface area contributed by atoms with Gasteiger partial charge in [-0.3, -0.25) is 14.3 Å². The molecule has 26 heavy (non-hydrogen) atoms. The van der Waals surface area contributed by atoms with Crippen LogP contribution in [0.25, 0.3) is 0 Å². The van der Waals surface area contributed by atoms with Gasteiger partial charge in [0, 0.05) is 19.2 Å². The molecule has 2 aromatic rings. The van der Waals surface area contributed by atoms with E-state index in [1.807, 2.05) is 25.2 Å². The number of fused-ring (bicyclic) bond motifs is 1. The molecular formula is C19H22N4O3. The summed E-state index contributed by atoms with van der Waals surface area (Å²) in [6.07, 6.45) is 6.33. The van der Waals surface area contributed by atoms with Crippen molar-refractivity contribution in [2.45, 2.75) is 31.3 Å². The lowest BCUT2D eigenvalue weighted by molar-refractivity contribution is -0.122. The molecule has 1 aromatic heterocycles. The van der Waals surface area contributed by atoms with Crippen molar-refractivity contribution < 1.29 is 14.3 Å². The lowest BCUT2D eigenvalue weighted by Gasteiger charge is -2.39. The van der Waals surface area contributed by atoms with Gasteiger partial charge >= 0.3 is 0 Å². The standard InChI is InChI=1S/C19H22N4O3/c1-23-11-14(10-21-23)22-17(24)13-6-8-19(9-7-13)12-20-18(25)15-4-2-3-5-16(15)26-19/h2-5,10-11,13H,6-9,12H2,1H3,(H,20,25)(H,22,24). The first-order valence-electron chi connectivity index (χ1n) is 8.90. The Balaban J connectivity index is 1.43. The molecule has 2 heterocycles. The van der Waals surface area contributed by atoms with Crippen LogP contribution in [0.1, 0.15) is 36.0 Å². The molecule has 0 unspecified atom stereocenters. The van der Waals surface area contributed by atoms with Crippen molar-refractivity contribution in [1.29, 1.82) is 0 Å². The van der Waals surface area contributed by atoms with Gasteiger partial charge in [-0.2, -0.15) is 5.10 Å². The van der Waals surface area contributed by atoms with Crippen molar-refractivity contribution in [2.24, 2.45) is 13.0 Å². The SMILES string of the molecule is Cn1cc(NC(=O)C2CCC3(CC2)CNC(=O)c2ccccc2O3)cn1. The van der Waals surface area contributed by atoms with Gasteiger partial charge in [0.2, 0.25) is 5.91 Å². The average molecular weight is 354 g/mol. The summed E-state index contributed by atoms with van der Waals surface area (Å²) in [5.74, 6) is 0.485. The summed E-state index contributed by atoms with van der Waals surface area (Å²) in [6.45, 7) is 0.470. The first-order valence-corrected chi connectivity index (χ1v) is 8.90. The number of nitrogens with zero attached hydrogens (tertiary/aromatic N) is 2. The lowest BCUT2D eigenvalue weighted by atomic mass is 9.78. The van der Waals surface area contributed by atoms with Gasteiger partial charge in [-0.25, -0.2) is 0 Å². The van der Waals surface area contributed by atoms with E-state index >= 15 is 0 Å². The minimum absolute atomic E-state index is 0.0194. The highest BCUT2D eigenvalue weighted by Gasteiger charge is 2.41. The summed E-state index contributed by atoms with van der Waals surface area (Å²) in [5.41, 5.74) is 0.846. The molecule has 1 aliphatic carbocycles. The average Bonchev–Trinajstić information content (AvgIpc) is 2.99. The summed E-state index contributed by atoms with van der Waals surface area (Å²) in [6, 6.07) is 7.32. The number of benzene rings is 1. The normalized spacial score (nSPS) is 25.0. The highest BCUT2D eigenvalue weighted by molar-refractivity contribution is 5.97. The maximum absolute atomic E-state index is 12.5. The van der Waals surface area contributed by atoms with Crippen LogP contribution in [0, 0.1) is 5.92 Å². The zero-order valence-electron chi connectivity index (χ0n) is 14.7. The van der Waals surface area contributed by atoms with Crippen molar-refractivity contribution in [2.75, 3.05) is 11.9 Å². The van der Waals surface area contributed by atoms with E-state index in [4.69, 9.17) is 4.74 Å². The van der Waals surface area contributed by atoms with Crippen LogP contribution in [0.4, 0.5) is 5.69 Å². The summed E-state index contributed by atoms with van der Waals surface area (Å²) < 4.78 is 7.93. The Morgan fingerprint density at radius 2 is 2.12 bits per heavy atom. The number of aromatic nitrogens is 2. The number of amides is 2. The number of aryl methyl sites for hydroxylation is 1. The van der Waals surface area contributed by atoms with Crippen molar-refractivity contribution in [3.63, 3.8) is 0 Å². The second-order valence-corrected chi connectivity index (χ2v) is 7.13. The minimum Gasteiger partial charge on any atom is -0.485 e. The minimum atomic E-state index is -0.437. The quantitative estimate of drug-likeness (QED) is 0.865. The Hall–Kier alpha value is -2.83. The van der Waals surface area contributed by atoms with E-state index < -0.39 is 5.60 Å². The summed E-state index contributed by atoms with van der Waals surface area (Å²) in [7, 11) is 1.82. The Kier molecular flexibility index (Phi) is 4.14. The predicted octanol–water partition coefficient (Wildman–Crippen LogP) is 2.11. The van der Waals surface area contributed by atoms with E-state index in [2.05, 4.69) is 15.7 Å². The first-order chi connectivity index (χ1) is 12.5. The van der Waals surface area contributed by atoms with E-state index in [-0.39, 0.29) is 17.7 Å². The molecule has 1 saturated carbocycles. The van der Waals surface area contributed by atoms with E-state index in [1.54, 1.807) is 23.1 Å². The van der Waals surface area contributed by atoms with Gasteiger partial charge in [0.25, 0.3) is 5.91 Å². The summed E-state index contributed by atoms with van der Waals surface area (Å²) in [5, 5.41) is 9.96. The van der Waals surface area contributed by atoms with Gasteiger partial charge in [0.1, 0.15) is 11.4 Å². The molecule has 1 fully saturated rings. The Morgan fingerprint density at radius 3 is 2.85 bits per heavy atom. The lowest BCUT2D eigenvalue weighted by Crippen LogP contribution is -2.48. The highest BCUT2D eigenvalue weighted by atomic mass is 16.5. The molecule has 0 radical (unpaired) electrons. The van der Waals surface area contributed by atoms with Crippen LogP contribution in [0.3, 0.4) is 0 Å². The maximum atomic E-state index is 12.5. The second kappa shape index (κ2) is 6.48. The first kappa shape index (κ1) is 16.6. The number of nitrogens with one attached hydrogen (secondary N) is 2. The van der Waals surface area contributed by atoms with Crippen molar-refractivity contribution in [3.8, 4) is 5.75 Å². The molecule has 2 aliphatic rings. The number of para-hydroxylation sites is 1. The third-order valence-electron chi connectivity index (χ3n) is 5.27. The molecule has 136 valence electrons. The van der Waals surface area contributed by atoms with E-state index in [0.29, 0.717) is 23.5 Å². The highest BCUT2D eigenvalue weighted by Crippen LogP contribution is 2.38. The molecule has 0 atom stereocenters. The number of hydrogen-bond acceptors (Lipinski definition) is 4. The molecule has 7 heteroatoms. The number of rotatable bonds is 2. The van der Waals surface area contributed by atoms with Crippen molar-refractivity contribution in [3.05, 3.63) is 42.2 Å². The molecule has 0 saturated heterocycles. The molecule has 1 aromatic carbocycles. The van der Waals surface area contributed by atoms with Crippen LogP contribution in [0.15, 0.2) is 36.7 Å². The van der Waals surface area contributed by atoms with E-state index in [0.717, 1.165) is 25.7 Å². The van der Waals surface area contributed by atoms with E-state index in [9.17, 15) is 9.59 Å². The van der Waals surface area contributed by atoms with Gasteiger partial charge < -0.3 is 15.4 Å². The monoisotopic (exact) mass is 354 g/mol. The van der Waals surface area contributed by atoms with Crippen LogP contribution >= 0.6 is 0 Å². The largest absolute Gasteiger partial charge is 0.485 e. The van der Waals surface area contributed by atoms with Crippen LogP contribution in [-0.2, 0) is 11.8 Å². The molecule has 0 bridgehead atoms. The molecule has 2 amide bonds. The number of anilines is 1. The zero-order chi connectivity index (χ0) is 18.1. The smallest absolute Gasteiger partial charge is 0.255 e. The molecule has 1 spiro atoms. The number of carbonyl (C=O) groups is 2. The number of carbonyl (C=O) groups excluding carboxylic acids is 2. The fraction of sp³-hybridized carbons (Fsp3) is 0.421. The van der Waals surface area contributed by atoms with Gasteiger partial charge in [-0.1, -0.05) is 12.1 Å². The van der Waals surface area contributed by atoms with E-state index in [1.165, 1.54) is 0 Å². The molecule has 7 nitrogen and oxygen atoms in total. The Labute approximate surface area is 151 Å². The van der Waals surface area contributed by atoms with Crippen molar-refractivity contribution in [1.82, 2.24) is 15.1 Å². The number of ether oxygens (including phenoxy) is 1. The van der Waals surface area contributed by atoms with Gasteiger partial charge in [-0.15, -0.1) is 0 Å². The molecule has 4 rings (SSSR count). The van der Waals surface area contributed by atoms with Crippen molar-refractivity contribution >= 4 is 17.5 Å². The van der Waals surface area contributed by atoms with Crippen LogP contribution in [0.5, 0.6) is 5.75 Å². The van der Waals surface area contributed by atoms with Gasteiger partial charge in [0.15, 0.2) is 0 Å². The van der Waals surface area contributed by atoms with Gasteiger partial charge in [0.05, 0.1) is 24.0 Å². The Morgan fingerprint density at radius 1 is 1.35 bits per heavy atom. The fourth-order valence-corrected chi connectivity index (χ4v) is 3.76. The van der Waals surface area contributed by atoms with Gasteiger partial charge in [-0.05, 0) is 37.8 Å². The molecule has 1 aliphatic heterocycles. The fourth-order valence-electron chi connectivity index (χ4n) is 3.76. The Bertz CT molecular complexity index is 837. The number of hydrogen-bond donors (Lipinski definition) is 2. The van der Waals surface area contributed by atoms with Crippen LogP contribution < -0.4 is 15.4 Å². The second-order valence-electron chi connectivity index (χ2n) is 7.13.